The largest absolute Gasteiger partial charge is 0.372 e. The van der Waals surface area contributed by atoms with Gasteiger partial charge in [-0.15, -0.1) is 0 Å². The minimum absolute atomic E-state index is 0.109. The molecular formula is C11H22O. The highest BCUT2D eigenvalue weighted by molar-refractivity contribution is 4.83. The molecule has 2 atom stereocenters. The van der Waals surface area contributed by atoms with Gasteiger partial charge < -0.3 is 4.74 Å². The Balaban J connectivity index is 2.45. The van der Waals surface area contributed by atoms with Crippen LogP contribution in [0.15, 0.2) is 0 Å². The van der Waals surface area contributed by atoms with Gasteiger partial charge in [-0.05, 0) is 39.0 Å². The van der Waals surface area contributed by atoms with Crippen molar-refractivity contribution >= 4 is 0 Å². The SMILES string of the molecule is CCCC1CCC(C)C(C)(C)O1. The molecule has 1 rings (SSSR count). The van der Waals surface area contributed by atoms with E-state index in [0.717, 1.165) is 0 Å². The van der Waals surface area contributed by atoms with Crippen molar-refractivity contribution in [2.45, 2.75) is 65.1 Å². The van der Waals surface area contributed by atoms with E-state index in [1.54, 1.807) is 0 Å². The van der Waals surface area contributed by atoms with Gasteiger partial charge in [-0.1, -0.05) is 20.3 Å². The maximum atomic E-state index is 6.03. The fraction of sp³-hybridized carbons (Fsp3) is 1.00. The first kappa shape index (κ1) is 10.0. The molecule has 0 radical (unpaired) electrons. The first-order valence-electron chi connectivity index (χ1n) is 5.24. The average molecular weight is 170 g/mol. The summed E-state index contributed by atoms with van der Waals surface area (Å²) < 4.78 is 6.03. The van der Waals surface area contributed by atoms with E-state index in [9.17, 15) is 0 Å². The van der Waals surface area contributed by atoms with Crippen LogP contribution in [0.3, 0.4) is 0 Å². The molecule has 12 heavy (non-hydrogen) atoms. The lowest BCUT2D eigenvalue weighted by Crippen LogP contribution is -2.41. The second-order valence-corrected chi connectivity index (χ2v) is 4.61. The first-order valence-corrected chi connectivity index (χ1v) is 5.24. The lowest BCUT2D eigenvalue weighted by Gasteiger charge is -2.41. The van der Waals surface area contributed by atoms with Crippen molar-refractivity contribution in [1.82, 2.24) is 0 Å². The maximum Gasteiger partial charge on any atom is 0.0655 e. The Bertz CT molecular complexity index is 140. The lowest BCUT2D eigenvalue weighted by molar-refractivity contribution is -0.139. The highest BCUT2D eigenvalue weighted by Gasteiger charge is 2.34. The third kappa shape index (κ3) is 2.22. The van der Waals surface area contributed by atoms with Gasteiger partial charge in [0.15, 0.2) is 0 Å². The van der Waals surface area contributed by atoms with Crippen LogP contribution in [-0.2, 0) is 4.74 Å². The summed E-state index contributed by atoms with van der Waals surface area (Å²) in [7, 11) is 0. The molecule has 0 spiro atoms. The molecule has 1 saturated heterocycles. The van der Waals surface area contributed by atoms with E-state index in [1.807, 2.05) is 0 Å². The summed E-state index contributed by atoms with van der Waals surface area (Å²) in [5, 5.41) is 0. The quantitative estimate of drug-likeness (QED) is 0.617. The fourth-order valence-electron chi connectivity index (χ4n) is 1.91. The number of hydrogen-bond donors (Lipinski definition) is 0. The van der Waals surface area contributed by atoms with Crippen LogP contribution < -0.4 is 0 Å². The second-order valence-electron chi connectivity index (χ2n) is 4.61. The first-order chi connectivity index (χ1) is 5.56. The van der Waals surface area contributed by atoms with Crippen molar-refractivity contribution in [1.29, 1.82) is 0 Å². The summed E-state index contributed by atoms with van der Waals surface area (Å²) in [5.74, 6) is 0.714. The second kappa shape index (κ2) is 3.78. The third-order valence-electron chi connectivity index (χ3n) is 3.19. The molecule has 0 aromatic carbocycles. The van der Waals surface area contributed by atoms with Gasteiger partial charge in [0.2, 0.25) is 0 Å². The zero-order valence-electron chi connectivity index (χ0n) is 8.89. The molecule has 0 N–H and O–H groups in total. The Hall–Kier alpha value is -0.0400. The fourth-order valence-corrected chi connectivity index (χ4v) is 1.91. The molecule has 2 unspecified atom stereocenters. The molecule has 1 fully saturated rings. The Morgan fingerprint density at radius 3 is 2.50 bits per heavy atom. The summed E-state index contributed by atoms with van der Waals surface area (Å²) in [6.07, 6.45) is 5.60. The summed E-state index contributed by atoms with van der Waals surface area (Å²) in [6.45, 7) is 8.97. The van der Waals surface area contributed by atoms with Crippen molar-refractivity contribution in [3.63, 3.8) is 0 Å². The van der Waals surface area contributed by atoms with Crippen molar-refractivity contribution in [3.05, 3.63) is 0 Å². The van der Waals surface area contributed by atoms with Gasteiger partial charge in [-0.3, -0.25) is 0 Å². The van der Waals surface area contributed by atoms with Crippen LogP contribution in [0.25, 0.3) is 0 Å². The van der Waals surface area contributed by atoms with Gasteiger partial charge >= 0.3 is 0 Å². The molecule has 1 nitrogen and oxygen atoms in total. The highest BCUT2D eigenvalue weighted by atomic mass is 16.5. The van der Waals surface area contributed by atoms with Crippen LogP contribution in [0.4, 0.5) is 0 Å². The Morgan fingerprint density at radius 1 is 1.33 bits per heavy atom. The van der Waals surface area contributed by atoms with Gasteiger partial charge in [0.25, 0.3) is 0 Å². The predicted octanol–water partition coefficient (Wildman–Crippen LogP) is 3.38. The zero-order valence-corrected chi connectivity index (χ0v) is 8.89. The summed E-state index contributed by atoms with van der Waals surface area (Å²) in [4.78, 5) is 0. The van der Waals surface area contributed by atoms with Crippen LogP contribution >= 0.6 is 0 Å². The smallest absolute Gasteiger partial charge is 0.0655 e. The van der Waals surface area contributed by atoms with Gasteiger partial charge in [0.05, 0.1) is 11.7 Å². The monoisotopic (exact) mass is 170 g/mol. The van der Waals surface area contributed by atoms with Crippen molar-refractivity contribution in [3.8, 4) is 0 Å². The normalized spacial score (nSPS) is 35.0. The van der Waals surface area contributed by atoms with E-state index in [4.69, 9.17) is 4.74 Å². The Labute approximate surface area is 76.5 Å². The molecule has 0 saturated carbocycles. The van der Waals surface area contributed by atoms with Crippen molar-refractivity contribution in [2.75, 3.05) is 0 Å². The minimum atomic E-state index is 0.109. The number of ether oxygens (including phenoxy) is 1. The topological polar surface area (TPSA) is 9.23 Å². The van der Waals surface area contributed by atoms with Crippen LogP contribution in [0.5, 0.6) is 0 Å². The van der Waals surface area contributed by atoms with E-state index in [2.05, 4.69) is 27.7 Å². The van der Waals surface area contributed by atoms with Crippen LogP contribution in [0.2, 0.25) is 0 Å². The lowest BCUT2D eigenvalue weighted by atomic mass is 9.84. The average Bonchev–Trinajstić information content (AvgIpc) is 1.97. The van der Waals surface area contributed by atoms with Crippen molar-refractivity contribution in [2.24, 2.45) is 5.92 Å². The van der Waals surface area contributed by atoms with Crippen molar-refractivity contribution < 1.29 is 4.74 Å². The summed E-state index contributed by atoms with van der Waals surface area (Å²) >= 11 is 0. The minimum Gasteiger partial charge on any atom is -0.372 e. The number of rotatable bonds is 2. The standard InChI is InChI=1S/C11H22O/c1-5-6-10-8-7-9(2)11(3,4)12-10/h9-10H,5-8H2,1-4H3. The van der Waals surface area contributed by atoms with Gasteiger partial charge in [-0.2, -0.15) is 0 Å². The van der Waals surface area contributed by atoms with Gasteiger partial charge in [0, 0.05) is 0 Å². The Kier molecular flexibility index (Phi) is 3.16. The highest BCUT2D eigenvalue weighted by Crippen LogP contribution is 2.34. The summed E-state index contributed by atoms with van der Waals surface area (Å²) in [6, 6.07) is 0. The predicted molar refractivity (Wildman–Crippen MR) is 52.3 cm³/mol. The van der Waals surface area contributed by atoms with Crippen LogP contribution in [-0.4, -0.2) is 11.7 Å². The molecule has 0 bridgehead atoms. The molecule has 1 heterocycles. The van der Waals surface area contributed by atoms with E-state index < -0.39 is 0 Å². The third-order valence-corrected chi connectivity index (χ3v) is 3.19. The summed E-state index contributed by atoms with van der Waals surface area (Å²) in [5.41, 5.74) is 0.109. The van der Waals surface area contributed by atoms with Gasteiger partial charge in [-0.25, -0.2) is 0 Å². The molecule has 72 valence electrons. The zero-order chi connectivity index (χ0) is 9.19. The molecule has 0 aromatic heterocycles. The molecule has 0 aliphatic carbocycles. The van der Waals surface area contributed by atoms with E-state index in [0.29, 0.717) is 12.0 Å². The molecule has 1 aliphatic rings. The van der Waals surface area contributed by atoms with E-state index in [-0.39, 0.29) is 5.60 Å². The molecular weight excluding hydrogens is 148 g/mol. The van der Waals surface area contributed by atoms with Crippen LogP contribution in [0, 0.1) is 5.92 Å². The number of hydrogen-bond acceptors (Lipinski definition) is 1. The molecule has 0 aromatic rings. The van der Waals surface area contributed by atoms with E-state index in [1.165, 1.54) is 25.7 Å². The maximum absolute atomic E-state index is 6.03. The molecule has 0 amide bonds. The van der Waals surface area contributed by atoms with Crippen LogP contribution in [0.1, 0.15) is 53.4 Å². The molecule has 1 heteroatoms. The Morgan fingerprint density at radius 2 is 2.00 bits per heavy atom. The molecule has 1 aliphatic heterocycles. The van der Waals surface area contributed by atoms with E-state index >= 15 is 0 Å². The van der Waals surface area contributed by atoms with Gasteiger partial charge in [0.1, 0.15) is 0 Å².